The molecular weight excluding hydrogens is 487 g/mol. The molecule has 2 aromatic rings. The van der Waals surface area contributed by atoms with Crippen LogP contribution < -0.4 is 11.1 Å². The van der Waals surface area contributed by atoms with Crippen LogP contribution in [0.5, 0.6) is 0 Å². The van der Waals surface area contributed by atoms with E-state index >= 15 is 0 Å². The Morgan fingerprint density at radius 1 is 1.21 bits per heavy atom. The van der Waals surface area contributed by atoms with Gasteiger partial charge >= 0.3 is 6.18 Å². The number of halogens is 6. The molecule has 3 N–H and O–H groups in total. The predicted octanol–water partition coefficient (Wildman–Crippen LogP) is 3.88. The van der Waals surface area contributed by atoms with Crippen molar-refractivity contribution in [1.82, 2.24) is 15.2 Å². The third-order valence-electron chi connectivity index (χ3n) is 5.15. The minimum Gasteiger partial charge on any atom is -0.431 e. The zero-order valence-corrected chi connectivity index (χ0v) is 18.7. The number of alkyl halides is 5. The van der Waals surface area contributed by atoms with Gasteiger partial charge in [0.2, 0.25) is 17.6 Å². The number of hydrogen-bond acceptors (Lipinski definition) is 5. The van der Waals surface area contributed by atoms with Crippen LogP contribution in [0.25, 0.3) is 11.5 Å². The Morgan fingerprint density at radius 3 is 2.47 bits per heavy atom. The Kier molecular flexibility index (Phi) is 9.01. The van der Waals surface area contributed by atoms with Gasteiger partial charge in [-0.3, -0.25) is 9.59 Å². The molecule has 1 aromatic heterocycles. The highest BCUT2D eigenvalue weighted by atomic mass is 35.5. The van der Waals surface area contributed by atoms with Crippen LogP contribution in [0.2, 0.25) is 0 Å². The Bertz CT molecular complexity index is 985. The van der Waals surface area contributed by atoms with Crippen LogP contribution in [-0.4, -0.2) is 53.3 Å². The average Bonchev–Trinajstić information content (AvgIpc) is 3.37. The Morgan fingerprint density at radius 2 is 1.88 bits per heavy atom. The number of unbranched alkanes of at least 4 members (excludes halogenated alkanes) is 1. The van der Waals surface area contributed by atoms with Crippen LogP contribution in [0.1, 0.15) is 41.9 Å². The quantitative estimate of drug-likeness (QED) is 0.414. The zero-order valence-electron chi connectivity index (χ0n) is 17.9. The lowest BCUT2D eigenvalue weighted by atomic mass is 10.1. The highest BCUT2D eigenvalue weighted by molar-refractivity contribution is 5.94. The maximum Gasteiger partial charge on any atom is 0.452 e. The predicted molar refractivity (Wildman–Crippen MR) is 114 cm³/mol. The normalized spacial score (nSPS) is 16.1. The molecule has 1 aliphatic heterocycles. The molecule has 188 valence electrons. The van der Waals surface area contributed by atoms with E-state index in [1.54, 1.807) is 18.2 Å². The Labute approximate surface area is 198 Å². The van der Waals surface area contributed by atoms with E-state index < -0.39 is 54.4 Å². The number of benzene rings is 1. The molecule has 2 heterocycles. The van der Waals surface area contributed by atoms with Crippen LogP contribution >= 0.6 is 12.4 Å². The first-order valence-corrected chi connectivity index (χ1v) is 10.3. The molecule has 0 bridgehead atoms. The van der Waals surface area contributed by atoms with Gasteiger partial charge in [-0.25, -0.2) is 13.8 Å². The number of carbonyl (C=O) groups is 2. The van der Waals surface area contributed by atoms with Crippen LogP contribution in [0.3, 0.4) is 0 Å². The van der Waals surface area contributed by atoms with Crippen LogP contribution in [0, 0.1) is 0 Å². The van der Waals surface area contributed by atoms with Gasteiger partial charge in [0, 0.05) is 25.1 Å². The van der Waals surface area contributed by atoms with E-state index in [1.807, 2.05) is 0 Å². The first kappa shape index (κ1) is 27.5. The van der Waals surface area contributed by atoms with E-state index in [1.165, 1.54) is 12.1 Å². The number of likely N-dealkylation sites (tertiary alicyclic amines) is 1. The van der Waals surface area contributed by atoms with Gasteiger partial charge in [-0.05, 0) is 31.4 Å². The van der Waals surface area contributed by atoms with E-state index in [0.29, 0.717) is 12.8 Å². The van der Waals surface area contributed by atoms with E-state index in [9.17, 15) is 31.5 Å². The van der Waals surface area contributed by atoms with Gasteiger partial charge in [-0.15, -0.1) is 12.4 Å². The summed E-state index contributed by atoms with van der Waals surface area (Å²) in [6, 6.07) is 6.90. The minimum absolute atomic E-state index is 0. The van der Waals surface area contributed by atoms with E-state index in [-0.39, 0.29) is 43.4 Å². The molecule has 2 amide bonds. The summed E-state index contributed by atoms with van der Waals surface area (Å²) in [4.78, 5) is 29.2. The molecule has 0 aliphatic carbocycles. The van der Waals surface area contributed by atoms with Crippen molar-refractivity contribution in [1.29, 1.82) is 0 Å². The molecule has 0 unspecified atom stereocenters. The number of aromatic nitrogens is 1. The molecule has 1 atom stereocenters. The van der Waals surface area contributed by atoms with Gasteiger partial charge in [0.25, 0.3) is 11.8 Å². The number of nitrogens with two attached hydrogens (primary N) is 1. The lowest BCUT2D eigenvalue weighted by Crippen LogP contribution is -2.43. The molecule has 3 rings (SSSR count). The number of hydrogen-bond donors (Lipinski definition) is 2. The summed E-state index contributed by atoms with van der Waals surface area (Å²) in [5.41, 5.74) is 5.19. The topological polar surface area (TPSA) is 101 Å². The summed E-state index contributed by atoms with van der Waals surface area (Å²) >= 11 is 0. The summed E-state index contributed by atoms with van der Waals surface area (Å²) in [5, 5.41) is 2.35. The maximum absolute atomic E-state index is 13.3. The fourth-order valence-corrected chi connectivity index (χ4v) is 3.43. The molecule has 7 nitrogen and oxygen atoms in total. The number of oxazole rings is 1. The van der Waals surface area contributed by atoms with Gasteiger partial charge in [-0.2, -0.15) is 13.2 Å². The molecule has 1 saturated heterocycles. The van der Waals surface area contributed by atoms with E-state index in [2.05, 4.69) is 10.3 Å². The Balaban J connectivity index is 0.00000408. The number of amides is 2. The van der Waals surface area contributed by atoms with Gasteiger partial charge in [0.05, 0.1) is 12.6 Å². The van der Waals surface area contributed by atoms with Crippen molar-refractivity contribution < 1.29 is 36.0 Å². The summed E-state index contributed by atoms with van der Waals surface area (Å²) < 4.78 is 71.2. The second-order valence-electron chi connectivity index (χ2n) is 7.78. The third-order valence-corrected chi connectivity index (χ3v) is 5.15. The molecular formula is C21H24ClF5N4O3. The molecule has 34 heavy (non-hydrogen) atoms. The zero-order chi connectivity index (χ0) is 24.2. The van der Waals surface area contributed by atoms with Gasteiger partial charge < -0.3 is 20.4 Å². The number of nitrogens with zero attached hydrogens (tertiary/aromatic N) is 2. The van der Waals surface area contributed by atoms with Crippen molar-refractivity contribution in [2.24, 2.45) is 5.73 Å². The monoisotopic (exact) mass is 510 g/mol. The SMILES string of the molecule is Cl.N[C@@H](CCCCNC(=O)c1nc(-c2ccccc2)oc1C(F)(F)F)C(=O)N1CCC(F)(F)C1. The Hall–Kier alpha value is -2.73. The van der Waals surface area contributed by atoms with E-state index in [4.69, 9.17) is 10.2 Å². The minimum atomic E-state index is -4.91. The fourth-order valence-electron chi connectivity index (χ4n) is 3.43. The number of carbonyl (C=O) groups excluding carboxylic acids is 2. The highest BCUT2D eigenvalue weighted by Crippen LogP contribution is 2.35. The first-order chi connectivity index (χ1) is 15.5. The lowest BCUT2D eigenvalue weighted by Gasteiger charge is -2.20. The molecule has 0 spiro atoms. The summed E-state index contributed by atoms with van der Waals surface area (Å²) in [6.07, 6.45) is -4.45. The third kappa shape index (κ3) is 6.89. The summed E-state index contributed by atoms with van der Waals surface area (Å²) in [6.45, 7) is -0.702. The standard InChI is InChI=1S/C21H23F5N4O3.ClH/c22-20(23)9-11-30(12-20)19(32)14(27)8-4-5-10-28-17(31)15-16(21(24,25)26)33-18(29-15)13-6-2-1-3-7-13;/h1-3,6-7,14H,4-5,8-12,27H2,(H,28,31);1H/t14-;/m0./s1. The lowest BCUT2D eigenvalue weighted by molar-refractivity contribution is -0.153. The van der Waals surface area contributed by atoms with Crippen molar-refractivity contribution in [3.05, 3.63) is 41.8 Å². The second-order valence-corrected chi connectivity index (χ2v) is 7.78. The van der Waals surface area contributed by atoms with Crippen molar-refractivity contribution in [2.75, 3.05) is 19.6 Å². The van der Waals surface area contributed by atoms with Crippen molar-refractivity contribution in [3.8, 4) is 11.5 Å². The molecule has 0 saturated carbocycles. The van der Waals surface area contributed by atoms with Crippen molar-refractivity contribution in [3.63, 3.8) is 0 Å². The smallest absolute Gasteiger partial charge is 0.431 e. The van der Waals surface area contributed by atoms with Crippen LogP contribution in [0.15, 0.2) is 34.7 Å². The molecule has 1 fully saturated rings. The fraction of sp³-hybridized carbons (Fsp3) is 0.476. The van der Waals surface area contributed by atoms with Crippen LogP contribution in [-0.2, 0) is 11.0 Å². The van der Waals surface area contributed by atoms with Gasteiger partial charge in [0.1, 0.15) is 0 Å². The molecule has 1 aromatic carbocycles. The first-order valence-electron chi connectivity index (χ1n) is 10.3. The second kappa shape index (κ2) is 11.1. The summed E-state index contributed by atoms with van der Waals surface area (Å²) in [7, 11) is 0. The van der Waals surface area contributed by atoms with Gasteiger partial charge in [-0.1, -0.05) is 18.2 Å². The largest absolute Gasteiger partial charge is 0.452 e. The molecule has 13 heteroatoms. The van der Waals surface area contributed by atoms with E-state index in [0.717, 1.165) is 4.90 Å². The summed E-state index contributed by atoms with van der Waals surface area (Å²) in [5.74, 6) is -6.34. The highest BCUT2D eigenvalue weighted by Gasteiger charge is 2.42. The molecule has 0 radical (unpaired) electrons. The number of rotatable bonds is 8. The van der Waals surface area contributed by atoms with Crippen molar-refractivity contribution >= 4 is 24.2 Å². The molecule has 1 aliphatic rings. The van der Waals surface area contributed by atoms with Crippen LogP contribution in [0.4, 0.5) is 22.0 Å². The van der Waals surface area contributed by atoms with Crippen molar-refractivity contribution in [2.45, 2.75) is 43.8 Å². The van der Waals surface area contributed by atoms with Gasteiger partial charge in [0.15, 0.2) is 5.69 Å². The average molecular weight is 511 g/mol. The maximum atomic E-state index is 13.3. The number of nitrogens with one attached hydrogen (secondary N) is 1.